The first kappa shape index (κ1) is 14.6. The molecule has 0 fully saturated rings. The van der Waals surface area contributed by atoms with Gasteiger partial charge < -0.3 is 16.4 Å². The van der Waals surface area contributed by atoms with Gasteiger partial charge in [0.05, 0.1) is 5.69 Å². The first-order valence-corrected chi connectivity index (χ1v) is 7.18. The number of carbonyl (C=O) groups excluding carboxylic acids is 2. The number of fused-ring (bicyclic) bond motifs is 1. The molecule has 1 heterocycles. The molecule has 0 radical (unpaired) electrons. The predicted molar refractivity (Wildman–Crippen MR) is 82.3 cm³/mol. The van der Waals surface area contributed by atoms with Crippen molar-refractivity contribution in [1.29, 1.82) is 0 Å². The molecule has 0 saturated heterocycles. The third kappa shape index (κ3) is 3.02. The summed E-state index contributed by atoms with van der Waals surface area (Å²) in [7, 11) is 1.55. The van der Waals surface area contributed by atoms with Crippen LogP contribution in [0.4, 0.5) is 5.69 Å². The van der Waals surface area contributed by atoms with E-state index in [1.165, 1.54) is 11.3 Å². The molecule has 20 heavy (non-hydrogen) atoms. The normalized spacial score (nSPS) is 10.5. The zero-order chi connectivity index (χ0) is 14.7. The molecule has 0 bridgehead atoms. The molecule has 0 aliphatic carbocycles. The number of nitrogens with one attached hydrogen (secondary N) is 2. The van der Waals surface area contributed by atoms with Crippen LogP contribution in [0, 0.1) is 0 Å². The Morgan fingerprint density at radius 1 is 1.40 bits per heavy atom. The number of hydrogen-bond acceptors (Lipinski definition) is 4. The van der Waals surface area contributed by atoms with E-state index in [2.05, 4.69) is 10.6 Å². The van der Waals surface area contributed by atoms with Gasteiger partial charge in [-0.25, -0.2) is 0 Å². The number of rotatable bonds is 4. The maximum Gasteiger partial charge on any atom is 0.263 e. The molecule has 0 unspecified atom stereocenters. The fourth-order valence-electron chi connectivity index (χ4n) is 1.75. The standard InChI is InChI=1S/C13H14ClN3O2S/c1-16-10(18)4-5-17-13(19)12-11(15)8-3-2-7(14)6-9(8)20-12/h2-3,6H,4-5,15H2,1H3,(H,16,18)(H,17,19). The summed E-state index contributed by atoms with van der Waals surface area (Å²) in [6.45, 7) is 0.271. The van der Waals surface area contributed by atoms with Crippen molar-refractivity contribution in [2.24, 2.45) is 0 Å². The van der Waals surface area contributed by atoms with Crippen LogP contribution in [0.25, 0.3) is 10.1 Å². The van der Waals surface area contributed by atoms with Crippen LogP contribution in [0.5, 0.6) is 0 Å². The molecule has 106 valence electrons. The average molecular weight is 312 g/mol. The molecule has 0 spiro atoms. The van der Waals surface area contributed by atoms with Gasteiger partial charge in [-0.3, -0.25) is 9.59 Å². The molecular weight excluding hydrogens is 298 g/mol. The molecule has 0 atom stereocenters. The van der Waals surface area contributed by atoms with E-state index in [1.807, 2.05) is 0 Å². The van der Waals surface area contributed by atoms with E-state index < -0.39 is 0 Å². The third-order valence-corrected chi connectivity index (χ3v) is 4.22. The van der Waals surface area contributed by atoms with Gasteiger partial charge in [-0.15, -0.1) is 11.3 Å². The number of thiophene rings is 1. The van der Waals surface area contributed by atoms with Gasteiger partial charge in [0.15, 0.2) is 0 Å². The van der Waals surface area contributed by atoms with Gasteiger partial charge >= 0.3 is 0 Å². The average Bonchev–Trinajstić information content (AvgIpc) is 2.75. The van der Waals surface area contributed by atoms with Crippen LogP contribution in [-0.2, 0) is 4.79 Å². The Balaban J connectivity index is 2.14. The summed E-state index contributed by atoms with van der Waals surface area (Å²) in [5.74, 6) is -0.398. The van der Waals surface area contributed by atoms with E-state index >= 15 is 0 Å². The maximum absolute atomic E-state index is 12.0. The highest BCUT2D eigenvalue weighted by atomic mass is 35.5. The third-order valence-electron chi connectivity index (χ3n) is 2.81. The van der Waals surface area contributed by atoms with Gasteiger partial charge in [-0.2, -0.15) is 0 Å². The van der Waals surface area contributed by atoms with Crippen molar-refractivity contribution >= 4 is 50.5 Å². The molecule has 7 heteroatoms. The minimum atomic E-state index is -0.274. The van der Waals surface area contributed by atoms with Crippen molar-refractivity contribution in [1.82, 2.24) is 10.6 Å². The summed E-state index contributed by atoms with van der Waals surface area (Å²) in [5.41, 5.74) is 6.42. The fourth-order valence-corrected chi connectivity index (χ4v) is 3.07. The largest absolute Gasteiger partial charge is 0.397 e. The second-order valence-electron chi connectivity index (χ2n) is 4.16. The van der Waals surface area contributed by atoms with Crippen LogP contribution in [0.2, 0.25) is 5.02 Å². The SMILES string of the molecule is CNC(=O)CCNC(=O)c1sc2cc(Cl)ccc2c1N. The lowest BCUT2D eigenvalue weighted by atomic mass is 10.2. The second-order valence-corrected chi connectivity index (χ2v) is 5.65. The van der Waals surface area contributed by atoms with Crippen molar-refractivity contribution in [2.45, 2.75) is 6.42 Å². The highest BCUT2D eigenvalue weighted by Gasteiger charge is 2.16. The number of nitrogens with two attached hydrogens (primary N) is 1. The van der Waals surface area contributed by atoms with E-state index in [9.17, 15) is 9.59 Å². The Hall–Kier alpha value is -1.79. The first-order valence-electron chi connectivity index (χ1n) is 5.99. The summed E-state index contributed by atoms with van der Waals surface area (Å²) < 4.78 is 0.867. The van der Waals surface area contributed by atoms with Gasteiger partial charge in [0, 0.05) is 35.1 Å². The Kier molecular flexibility index (Phi) is 4.46. The smallest absolute Gasteiger partial charge is 0.263 e. The first-order chi connectivity index (χ1) is 9.52. The summed E-state index contributed by atoms with van der Waals surface area (Å²) >= 11 is 7.20. The van der Waals surface area contributed by atoms with Crippen LogP contribution < -0.4 is 16.4 Å². The number of amides is 2. The summed E-state index contributed by atoms with van der Waals surface area (Å²) in [6.07, 6.45) is 0.235. The molecule has 4 N–H and O–H groups in total. The molecule has 0 aliphatic heterocycles. The Labute approximate surface area is 125 Å². The second kappa shape index (κ2) is 6.11. The number of nitrogen functional groups attached to an aromatic ring is 1. The van der Waals surface area contributed by atoms with E-state index in [0.717, 1.165) is 10.1 Å². The van der Waals surface area contributed by atoms with Crippen molar-refractivity contribution in [2.75, 3.05) is 19.3 Å². The van der Waals surface area contributed by atoms with Crippen LogP contribution >= 0.6 is 22.9 Å². The molecular formula is C13H14ClN3O2S. The van der Waals surface area contributed by atoms with E-state index in [1.54, 1.807) is 25.2 Å². The van der Waals surface area contributed by atoms with E-state index in [4.69, 9.17) is 17.3 Å². The van der Waals surface area contributed by atoms with Crippen LogP contribution in [0.15, 0.2) is 18.2 Å². The maximum atomic E-state index is 12.0. The van der Waals surface area contributed by atoms with Crippen LogP contribution in [-0.4, -0.2) is 25.4 Å². The predicted octanol–water partition coefficient (Wildman–Crippen LogP) is 2.00. The van der Waals surface area contributed by atoms with Crippen LogP contribution in [0.3, 0.4) is 0 Å². The monoisotopic (exact) mass is 311 g/mol. The lowest BCUT2D eigenvalue weighted by Crippen LogP contribution is -2.29. The Morgan fingerprint density at radius 2 is 2.15 bits per heavy atom. The zero-order valence-corrected chi connectivity index (χ0v) is 12.4. The van der Waals surface area contributed by atoms with Gasteiger partial charge in [0.2, 0.25) is 5.91 Å². The van der Waals surface area contributed by atoms with Gasteiger partial charge in [-0.05, 0) is 18.2 Å². The van der Waals surface area contributed by atoms with Crippen LogP contribution in [0.1, 0.15) is 16.1 Å². The molecule has 0 saturated carbocycles. The molecule has 2 rings (SSSR count). The van der Waals surface area contributed by atoms with Crippen molar-refractivity contribution < 1.29 is 9.59 Å². The van der Waals surface area contributed by atoms with Crippen molar-refractivity contribution in [3.63, 3.8) is 0 Å². The Morgan fingerprint density at radius 3 is 2.85 bits per heavy atom. The zero-order valence-electron chi connectivity index (χ0n) is 10.8. The lowest BCUT2D eigenvalue weighted by molar-refractivity contribution is -0.120. The van der Waals surface area contributed by atoms with Crippen molar-refractivity contribution in [3.05, 3.63) is 28.1 Å². The minimum Gasteiger partial charge on any atom is -0.397 e. The highest BCUT2D eigenvalue weighted by Crippen LogP contribution is 2.35. The number of halogens is 1. The molecule has 0 aliphatic rings. The summed E-state index contributed by atoms with van der Waals surface area (Å²) in [5, 5.41) is 6.59. The van der Waals surface area contributed by atoms with Crippen molar-refractivity contribution in [3.8, 4) is 0 Å². The fraction of sp³-hybridized carbons (Fsp3) is 0.231. The minimum absolute atomic E-state index is 0.124. The number of hydrogen-bond donors (Lipinski definition) is 3. The van der Waals surface area contributed by atoms with E-state index in [0.29, 0.717) is 15.6 Å². The molecule has 1 aromatic heterocycles. The molecule has 5 nitrogen and oxygen atoms in total. The molecule has 1 aromatic carbocycles. The summed E-state index contributed by atoms with van der Waals surface area (Å²) in [6, 6.07) is 5.31. The highest BCUT2D eigenvalue weighted by molar-refractivity contribution is 7.21. The summed E-state index contributed by atoms with van der Waals surface area (Å²) in [4.78, 5) is 23.6. The number of benzene rings is 1. The lowest BCUT2D eigenvalue weighted by Gasteiger charge is -2.03. The number of anilines is 1. The Bertz CT molecular complexity index is 669. The quantitative estimate of drug-likeness (QED) is 0.807. The van der Waals surface area contributed by atoms with E-state index in [-0.39, 0.29) is 24.8 Å². The van der Waals surface area contributed by atoms with Gasteiger partial charge in [-0.1, -0.05) is 11.6 Å². The topological polar surface area (TPSA) is 84.2 Å². The molecule has 2 amide bonds. The number of carbonyl (C=O) groups is 2. The van der Waals surface area contributed by atoms with Gasteiger partial charge in [0.1, 0.15) is 4.88 Å². The van der Waals surface area contributed by atoms with Gasteiger partial charge in [0.25, 0.3) is 5.91 Å². The molecule has 2 aromatic rings.